The fourth-order valence-corrected chi connectivity index (χ4v) is 2.63. The molecule has 0 radical (unpaired) electrons. The van der Waals surface area contributed by atoms with Gasteiger partial charge in [-0.3, -0.25) is 19.6 Å². The van der Waals surface area contributed by atoms with E-state index in [1.54, 1.807) is 12.4 Å². The first-order valence-electron chi connectivity index (χ1n) is 7.35. The number of anilines is 1. The highest BCUT2D eigenvalue weighted by Crippen LogP contribution is 2.29. The fraction of sp³-hybridized carbons (Fsp3) is 0. The van der Waals surface area contributed by atoms with Crippen molar-refractivity contribution < 1.29 is 4.79 Å². The highest BCUT2D eigenvalue weighted by Gasteiger charge is 2.12. The van der Waals surface area contributed by atoms with Crippen LogP contribution in [0.4, 0.5) is 5.69 Å². The Bertz CT molecular complexity index is 1110. The van der Waals surface area contributed by atoms with Crippen LogP contribution in [-0.2, 0) is 0 Å². The van der Waals surface area contributed by atoms with Gasteiger partial charge in [-0.25, -0.2) is 0 Å². The highest BCUT2D eigenvalue weighted by atomic mass is 16.1. The van der Waals surface area contributed by atoms with Crippen LogP contribution < -0.4 is 10.9 Å². The number of benzene rings is 1. The van der Waals surface area contributed by atoms with Crippen LogP contribution in [0.1, 0.15) is 10.4 Å². The number of nitrogens with one attached hydrogen (secondary N) is 2. The van der Waals surface area contributed by atoms with Gasteiger partial charge in [0.05, 0.1) is 22.3 Å². The van der Waals surface area contributed by atoms with Crippen LogP contribution in [0, 0.1) is 0 Å². The number of pyridine rings is 3. The zero-order chi connectivity index (χ0) is 16.5. The molecule has 116 valence electrons. The van der Waals surface area contributed by atoms with E-state index in [0.29, 0.717) is 11.3 Å². The van der Waals surface area contributed by atoms with E-state index in [4.69, 9.17) is 0 Å². The second-order valence-electron chi connectivity index (χ2n) is 5.29. The zero-order valence-electron chi connectivity index (χ0n) is 12.5. The number of H-pyrrole nitrogens is 1. The van der Waals surface area contributed by atoms with Gasteiger partial charge in [0.2, 0.25) is 5.56 Å². The molecule has 6 nitrogen and oxygen atoms in total. The Hall–Kier alpha value is -3.54. The number of fused-ring (bicyclic) bond motifs is 3. The van der Waals surface area contributed by atoms with E-state index in [1.807, 2.05) is 30.3 Å². The molecule has 4 rings (SSSR count). The van der Waals surface area contributed by atoms with Gasteiger partial charge in [0, 0.05) is 35.4 Å². The van der Waals surface area contributed by atoms with Crippen molar-refractivity contribution in [2.45, 2.75) is 0 Å². The van der Waals surface area contributed by atoms with Crippen LogP contribution in [0.2, 0.25) is 0 Å². The summed E-state index contributed by atoms with van der Waals surface area (Å²) in [5.74, 6) is -0.306. The Kier molecular flexibility index (Phi) is 3.28. The molecular weight excluding hydrogens is 304 g/mol. The molecule has 24 heavy (non-hydrogen) atoms. The molecule has 4 aromatic rings. The zero-order valence-corrected chi connectivity index (χ0v) is 12.5. The van der Waals surface area contributed by atoms with E-state index in [9.17, 15) is 9.59 Å². The van der Waals surface area contributed by atoms with E-state index in [2.05, 4.69) is 20.3 Å². The standard InChI is InChI=1S/C18H12N4O2/c23-15-6-5-12(10-21-15)18(24)22-14-9-11-3-1-7-19-16(11)17-13(14)4-2-8-20-17/h1-10H,(H,21,23)(H,22,24). The van der Waals surface area contributed by atoms with Crippen molar-refractivity contribution in [1.29, 1.82) is 0 Å². The minimum atomic E-state index is -0.306. The summed E-state index contributed by atoms with van der Waals surface area (Å²) in [5.41, 5.74) is 2.29. The molecule has 0 saturated heterocycles. The number of aromatic nitrogens is 3. The summed E-state index contributed by atoms with van der Waals surface area (Å²) in [6.07, 6.45) is 4.81. The number of hydrogen-bond donors (Lipinski definition) is 2. The monoisotopic (exact) mass is 316 g/mol. The van der Waals surface area contributed by atoms with Crippen molar-refractivity contribution in [1.82, 2.24) is 15.0 Å². The summed E-state index contributed by atoms with van der Waals surface area (Å²) < 4.78 is 0. The minimum Gasteiger partial charge on any atom is -0.328 e. The quantitative estimate of drug-likeness (QED) is 0.557. The number of carbonyl (C=O) groups is 1. The number of amides is 1. The molecule has 0 fully saturated rings. The number of hydrogen-bond acceptors (Lipinski definition) is 4. The maximum atomic E-state index is 12.4. The van der Waals surface area contributed by atoms with Crippen molar-refractivity contribution >= 4 is 33.4 Å². The lowest BCUT2D eigenvalue weighted by Crippen LogP contribution is -2.14. The Morgan fingerprint density at radius 3 is 2.58 bits per heavy atom. The molecule has 0 unspecified atom stereocenters. The Balaban J connectivity index is 1.84. The average molecular weight is 316 g/mol. The molecule has 2 N–H and O–H groups in total. The normalized spacial score (nSPS) is 10.8. The SMILES string of the molecule is O=C(Nc1cc2cccnc2c2ncccc12)c1ccc(=O)[nH]c1. The van der Waals surface area contributed by atoms with Crippen LogP contribution in [0.3, 0.4) is 0 Å². The third kappa shape index (κ3) is 2.40. The third-order valence-electron chi connectivity index (χ3n) is 3.76. The molecule has 1 aromatic carbocycles. The summed E-state index contributed by atoms with van der Waals surface area (Å²) in [6, 6.07) is 12.1. The summed E-state index contributed by atoms with van der Waals surface area (Å²) in [6.45, 7) is 0. The first-order valence-corrected chi connectivity index (χ1v) is 7.35. The van der Waals surface area contributed by atoms with E-state index in [1.165, 1.54) is 18.3 Å². The topological polar surface area (TPSA) is 87.7 Å². The van der Waals surface area contributed by atoms with Gasteiger partial charge in [0.15, 0.2) is 0 Å². The fourth-order valence-electron chi connectivity index (χ4n) is 2.63. The smallest absolute Gasteiger partial charge is 0.257 e. The number of rotatable bonds is 2. The van der Waals surface area contributed by atoms with Gasteiger partial charge in [0.25, 0.3) is 5.91 Å². The molecule has 0 bridgehead atoms. The molecule has 0 saturated carbocycles. The number of carbonyl (C=O) groups excluding carboxylic acids is 1. The number of aromatic amines is 1. The van der Waals surface area contributed by atoms with Crippen LogP contribution >= 0.6 is 0 Å². The molecule has 3 heterocycles. The van der Waals surface area contributed by atoms with Crippen LogP contribution in [0.15, 0.2) is 65.8 Å². The van der Waals surface area contributed by atoms with Gasteiger partial charge in [-0.1, -0.05) is 6.07 Å². The van der Waals surface area contributed by atoms with Gasteiger partial charge in [-0.05, 0) is 30.3 Å². The molecule has 0 aliphatic carbocycles. The van der Waals surface area contributed by atoms with Crippen molar-refractivity contribution in [3.8, 4) is 0 Å². The summed E-state index contributed by atoms with van der Waals surface area (Å²) >= 11 is 0. The van der Waals surface area contributed by atoms with Crippen LogP contribution in [0.25, 0.3) is 21.8 Å². The molecular formula is C18H12N4O2. The summed E-state index contributed by atoms with van der Waals surface area (Å²) in [7, 11) is 0. The molecule has 0 aliphatic rings. The van der Waals surface area contributed by atoms with Gasteiger partial charge in [-0.2, -0.15) is 0 Å². The Labute approximate surface area is 136 Å². The van der Waals surface area contributed by atoms with E-state index in [-0.39, 0.29) is 11.5 Å². The van der Waals surface area contributed by atoms with Crippen LogP contribution in [-0.4, -0.2) is 20.9 Å². The first kappa shape index (κ1) is 14.1. The van der Waals surface area contributed by atoms with E-state index < -0.39 is 0 Å². The van der Waals surface area contributed by atoms with Gasteiger partial charge >= 0.3 is 0 Å². The molecule has 0 spiro atoms. The summed E-state index contributed by atoms with van der Waals surface area (Å²) in [4.78, 5) is 34.8. The molecule has 3 aromatic heterocycles. The third-order valence-corrected chi connectivity index (χ3v) is 3.76. The average Bonchev–Trinajstić information content (AvgIpc) is 2.62. The van der Waals surface area contributed by atoms with Crippen LogP contribution in [0.5, 0.6) is 0 Å². The Morgan fingerprint density at radius 2 is 1.79 bits per heavy atom. The second kappa shape index (κ2) is 5.58. The molecule has 1 amide bonds. The summed E-state index contributed by atoms with van der Waals surface area (Å²) in [5, 5.41) is 4.58. The van der Waals surface area contributed by atoms with Crippen molar-refractivity contribution in [3.05, 3.63) is 77.0 Å². The van der Waals surface area contributed by atoms with Gasteiger partial charge in [-0.15, -0.1) is 0 Å². The van der Waals surface area contributed by atoms with E-state index >= 15 is 0 Å². The maximum absolute atomic E-state index is 12.4. The molecule has 6 heteroatoms. The molecule has 0 atom stereocenters. The lowest BCUT2D eigenvalue weighted by Gasteiger charge is -2.10. The number of nitrogens with zero attached hydrogens (tertiary/aromatic N) is 2. The second-order valence-corrected chi connectivity index (χ2v) is 5.29. The maximum Gasteiger partial charge on any atom is 0.257 e. The largest absolute Gasteiger partial charge is 0.328 e. The Morgan fingerprint density at radius 1 is 1.00 bits per heavy atom. The lowest BCUT2D eigenvalue weighted by molar-refractivity contribution is 0.102. The highest BCUT2D eigenvalue weighted by molar-refractivity contribution is 6.14. The predicted molar refractivity (Wildman–Crippen MR) is 92.1 cm³/mol. The van der Waals surface area contributed by atoms with E-state index in [0.717, 1.165) is 21.8 Å². The van der Waals surface area contributed by atoms with Crippen molar-refractivity contribution in [2.24, 2.45) is 0 Å². The first-order chi connectivity index (χ1) is 11.7. The van der Waals surface area contributed by atoms with Crippen molar-refractivity contribution in [3.63, 3.8) is 0 Å². The minimum absolute atomic E-state index is 0.252. The van der Waals surface area contributed by atoms with Crippen molar-refractivity contribution in [2.75, 3.05) is 5.32 Å². The van der Waals surface area contributed by atoms with Gasteiger partial charge in [0.1, 0.15) is 0 Å². The van der Waals surface area contributed by atoms with Gasteiger partial charge < -0.3 is 10.3 Å². The predicted octanol–water partition coefficient (Wildman–Crippen LogP) is 2.72. The molecule has 0 aliphatic heterocycles. The lowest BCUT2D eigenvalue weighted by atomic mass is 10.1.